The van der Waals surface area contributed by atoms with Gasteiger partial charge in [-0.2, -0.15) is 13.5 Å². The Balaban J connectivity index is 1.04. The average molecular weight is 692 g/mol. The molecule has 7 rings (SSSR count). The quantitative estimate of drug-likeness (QED) is 0.153. The Morgan fingerprint density at radius 3 is 2.55 bits per heavy atom. The molecule has 5 N–H and O–H groups in total. The number of fused-ring (bicyclic) bond motifs is 2. The molecule has 0 saturated carbocycles. The second-order valence-electron chi connectivity index (χ2n) is 11.5. The van der Waals surface area contributed by atoms with E-state index in [4.69, 9.17) is 0 Å². The lowest BCUT2D eigenvalue weighted by Gasteiger charge is -2.21. The van der Waals surface area contributed by atoms with Crippen LogP contribution in [0.25, 0.3) is 21.8 Å². The Kier molecular flexibility index (Phi) is 7.34. The Morgan fingerprint density at radius 1 is 1.04 bits per heavy atom. The molecule has 19 heteroatoms. The molecule has 252 valence electrons. The maximum atomic E-state index is 15.4. The first-order chi connectivity index (χ1) is 23.3. The van der Waals surface area contributed by atoms with Crippen molar-refractivity contribution >= 4 is 78.4 Å². The van der Waals surface area contributed by atoms with E-state index in [9.17, 15) is 37.5 Å². The van der Waals surface area contributed by atoms with Gasteiger partial charge in [0, 0.05) is 36.4 Å². The van der Waals surface area contributed by atoms with Crippen molar-refractivity contribution in [2.24, 2.45) is 7.05 Å². The Labute approximate surface area is 275 Å². The Bertz CT molecular complexity index is 2430. The number of phenols is 1. The van der Waals surface area contributed by atoms with Gasteiger partial charge in [-0.25, -0.2) is 18.2 Å². The van der Waals surface area contributed by atoms with Crippen molar-refractivity contribution in [3.8, 4) is 5.75 Å². The fourth-order valence-corrected chi connectivity index (χ4v) is 7.16. The van der Waals surface area contributed by atoms with E-state index in [1.165, 1.54) is 38.2 Å². The van der Waals surface area contributed by atoms with Crippen molar-refractivity contribution in [3.63, 3.8) is 0 Å². The number of piperidine rings is 1. The third-order valence-electron chi connectivity index (χ3n) is 8.22. The fourth-order valence-electron chi connectivity index (χ4n) is 6.00. The lowest BCUT2D eigenvalue weighted by Crippen LogP contribution is -2.44. The molecule has 4 heterocycles. The molecule has 17 nitrogen and oxygen atoms in total. The second kappa shape index (κ2) is 11.5. The molecule has 49 heavy (non-hydrogen) atoms. The molecular weight excluding hydrogens is 665 g/mol. The molecule has 0 bridgehead atoms. The highest BCUT2D eigenvalue weighted by Crippen LogP contribution is 2.39. The molecule has 5 aromatic rings. The molecule has 0 spiro atoms. The number of aromatic hydroxyl groups is 1. The predicted octanol–water partition coefficient (Wildman–Crippen LogP) is 1.08. The number of amides is 4. The van der Waals surface area contributed by atoms with Crippen LogP contribution in [0.5, 0.6) is 5.75 Å². The molecule has 3 aromatic carbocycles. The number of nitrogens with one attached hydrogen (secondary N) is 4. The van der Waals surface area contributed by atoms with Crippen LogP contribution in [-0.2, 0) is 43.0 Å². The minimum absolute atomic E-state index is 0.0473. The number of halogens is 1. The van der Waals surface area contributed by atoms with Crippen molar-refractivity contribution in [3.05, 3.63) is 71.2 Å². The summed E-state index contributed by atoms with van der Waals surface area (Å²) in [6.07, 6.45) is 3.43. The molecule has 0 aliphatic carbocycles. The van der Waals surface area contributed by atoms with Crippen molar-refractivity contribution in [2.45, 2.75) is 25.4 Å². The van der Waals surface area contributed by atoms with Gasteiger partial charge in [0.15, 0.2) is 5.82 Å². The van der Waals surface area contributed by atoms with Crippen LogP contribution in [0.4, 0.5) is 27.1 Å². The molecule has 2 aliphatic heterocycles. The smallest absolute Gasteiger partial charge is 0.329 e. The summed E-state index contributed by atoms with van der Waals surface area (Å²) in [7, 11) is -2.78. The number of phenolic OH excluding ortho intramolecular Hbond substituents is 1. The van der Waals surface area contributed by atoms with Crippen LogP contribution in [-0.4, -0.2) is 62.6 Å². The number of aromatic nitrogens is 4. The third-order valence-corrected chi connectivity index (χ3v) is 9.60. The summed E-state index contributed by atoms with van der Waals surface area (Å²) < 4.78 is 46.1. The van der Waals surface area contributed by atoms with E-state index in [0.717, 1.165) is 6.07 Å². The van der Waals surface area contributed by atoms with E-state index >= 15 is 4.39 Å². The summed E-state index contributed by atoms with van der Waals surface area (Å²) in [6, 6.07) is 9.58. The monoisotopic (exact) mass is 691 g/mol. The summed E-state index contributed by atoms with van der Waals surface area (Å²) in [5.41, 5.74) is 1.42. The largest absolute Gasteiger partial charge is 0.506 e. The minimum Gasteiger partial charge on any atom is -0.506 e. The number of hydrogen-bond donors (Lipinski definition) is 5. The van der Waals surface area contributed by atoms with Crippen LogP contribution in [0.15, 0.2) is 59.7 Å². The van der Waals surface area contributed by atoms with E-state index < -0.39 is 63.5 Å². The first kappa shape index (κ1) is 31.4. The predicted molar refractivity (Wildman–Crippen MR) is 173 cm³/mol. The number of carbonyl (C=O) groups excluding carboxylic acids is 4. The molecule has 2 aromatic heterocycles. The van der Waals surface area contributed by atoms with Gasteiger partial charge in [0.25, 0.3) is 5.91 Å². The molecule has 2 aliphatic rings. The molecule has 2 fully saturated rings. The molecule has 2 saturated heterocycles. The third kappa shape index (κ3) is 5.58. The number of imide groups is 1. The van der Waals surface area contributed by atoms with Gasteiger partial charge in [-0.1, -0.05) is 0 Å². The zero-order valence-electron chi connectivity index (χ0n) is 25.4. The number of imidazole rings is 1. The fraction of sp³-hybridized carbons (Fsp3) is 0.200. The molecule has 0 radical (unpaired) electrons. The van der Waals surface area contributed by atoms with Gasteiger partial charge in [0.05, 0.1) is 22.9 Å². The van der Waals surface area contributed by atoms with Crippen LogP contribution in [0, 0.1) is 5.82 Å². The first-order valence-electron chi connectivity index (χ1n) is 14.7. The lowest BCUT2D eigenvalue weighted by atomic mass is 10.1. The van der Waals surface area contributed by atoms with E-state index in [1.807, 2.05) is 0 Å². The number of carbonyl (C=O) groups is 4. The highest BCUT2D eigenvalue weighted by atomic mass is 32.2. The maximum Gasteiger partial charge on any atom is 0.329 e. The van der Waals surface area contributed by atoms with Crippen molar-refractivity contribution < 1.29 is 37.1 Å². The van der Waals surface area contributed by atoms with Crippen LogP contribution >= 0.6 is 0 Å². The van der Waals surface area contributed by atoms with E-state index in [1.54, 1.807) is 36.2 Å². The maximum absolute atomic E-state index is 15.4. The standard InChI is InChI=1S/C30H26FN9O8S/c1-37-22-10-17(3-5-20(22)40(30(37)46)21-6-7-24(42)35-29(21)45)33-18-11-32-38(12-18)13-25(43)34-16-2-4-19-15(8-16)9-23(41)28(27(19)31)39-14-26(44)36-49(39,47)48/h2-5,8-12,21,33,41H,6-7,13-14H2,1H3,(H,34,43)(H,36,44)(H,35,42,45). The zero-order valence-corrected chi connectivity index (χ0v) is 26.2. The SMILES string of the molecule is Cn1c(=O)n(C2CCC(=O)NC2=O)c2ccc(Nc3cnn(CC(=O)Nc4ccc5c(F)c(N6CC(=O)NS6(=O)=O)c(O)cc5c4)c3)cc21. The number of hydrogen-bond acceptors (Lipinski definition) is 10. The minimum atomic E-state index is -4.36. The van der Waals surface area contributed by atoms with Gasteiger partial charge in [-0.3, -0.25) is 38.3 Å². The van der Waals surface area contributed by atoms with Crippen molar-refractivity contribution in [1.82, 2.24) is 29.0 Å². The summed E-state index contributed by atoms with van der Waals surface area (Å²) in [5, 5.41) is 22.9. The lowest BCUT2D eigenvalue weighted by molar-refractivity contribution is -0.135. The van der Waals surface area contributed by atoms with Gasteiger partial charge in [-0.05, 0) is 54.3 Å². The normalized spacial score (nSPS) is 17.4. The summed E-state index contributed by atoms with van der Waals surface area (Å²) in [4.78, 5) is 61.5. The van der Waals surface area contributed by atoms with E-state index in [2.05, 4.69) is 21.0 Å². The van der Waals surface area contributed by atoms with E-state index in [-0.39, 0.29) is 41.8 Å². The zero-order chi connectivity index (χ0) is 34.8. The van der Waals surface area contributed by atoms with Crippen molar-refractivity contribution in [2.75, 3.05) is 21.5 Å². The number of nitrogens with zero attached hydrogens (tertiary/aromatic N) is 5. The molecule has 4 amide bonds. The number of rotatable bonds is 7. The van der Waals surface area contributed by atoms with Crippen LogP contribution < -0.4 is 30.7 Å². The first-order valence-corrected chi connectivity index (χ1v) is 16.2. The molecule has 1 unspecified atom stereocenters. The van der Waals surface area contributed by atoms with E-state index in [0.29, 0.717) is 26.7 Å². The summed E-state index contributed by atoms with van der Waals surface area (Å²) >= 11 is 0. The van der Waals surface area contributed by atoms with Crippen LogP contribution in [0.2, 0.25) is 0 Å². The summed E-state index contributed by atoms with van der Waals surface area (Å²) in [5.74, 6) is -4.02. The number of anilines is 4. The van der Waals surface area contributed by atoms with Gasteiger partial charge in [0.2, 0.25) is 17.7 Å². The Hall–Kier alpha value is -6.24. The topological polar surface area (TPSA) is 219 Å². The highest BCUT2D eigenvalue weighted by molar-refractivity contribution is 7.92. The molecule has 1 atom stereocenters. The van der Waals surface area contributed by atoms with Crippen LogP contribution in [0.3, 0.4) is 0 Å². The second-order valence-corrected chi connectivity index (χ2v) is 13.1. The summed E-state index contributed by atoms with van der Waals surface area (Å²) in [6.45, 7) is -0.886. The highest BCUT2D eigenvalue weighted by Gasteiger charge is 2.38. The Morgan fingerprint density at radius 2 is 1.82 bits per heavy atom. The number of aryl methyl sites for hydroxylation is 1. The van der Waals surface area contributed by atoms with Gasteiger partial charge < -0.3 is 15.7 Å². The van der Waals surface area contributed by atoms with Crippen LogP contribution in [0.1, 0.15) is 18.9 Å². The van der Waals surface area contributed by atoms with Gasteiger partial charge in [0.1, 0.15) is 30.6 Å². The van der Waals surface area contributed by atoms with Gasteiger partial charge in [-0.15, -0.1) is 0 Å². The molecular formula is C30H26FN9O8S. The average Bonchev–Trinajstić information content (AvgIpc) is 3.65. The van der Waals surface area contributed by atoms with Gasteiger partial charge >= 0.3 is 15.9 Å². The number of benzene rings is 3. The van der Waals surface area contributed by atoms with Crippen molar-refractivity contribution in [1.29, 1.82) is 0 Å².